The molecule has 4 heteroatoms. The molecule has 0 spiro atoms. The summed E-state index contributed by atoms with van der Waals surface area (Å²) in [6.45, 7) is 0. The van der Waals surface area contributed by atoms with Crippen molar-refractivity contribution in [3.63, 3.8) is 0 Å². The van der Waals surface area contributed by atoms with Gasteiger partial charge in [0.15, 0.2) is 6.29 Å². The van der Waals surface area contributed by atoms with Gasteiger partial charge >= 0.3 is 0 Å². The number of rotatable bonds is 2. The second kappa shape index (κ2) is 4.04. The maximum absolute atomic E-state index is 10.8. The van der Waals surface area contributed by atoms with Crippen LogP contribution in [0.25, 0.3) is 10.1 Å². The molecule has 0 N–H and O–H groups in total. The van der Waals surface area contributed by atoms with Crippen molar-refractivity contribution < 1.29 is 4.79 Å². The van der Waals surface area contributed by atoms with E-state index in [9.17, 15) is 4.79 Å². The van der Waals surface area contributed by atoms with Crippen molar-refractivity contribution in [1.29, 1.82) is 0 Å². The third kappa shape index (κ3) is 1.62. The lowest BCUT2D eigenvalue weighted by Crippen LogP contribution is -1.80. The molecule has 1 aromatic carbocycles. The number of thiophene rings is 1. The van der Waals surface area contributed by atoms with E-state index in [0.717, 1.165) is 31.7 Å². The van der Waals surface area contributed by atoms with E-state index in [2.05, 4.69) is 28.6 Å². The number of carbonyl (C=O) groups is 1. The van der Waals surface area contributed by atoms with Crippen LogP contribution in [0.1, 0.15) is 15.2 Å². The molecule has 0 aliphatic carbocycles. The standard InChI is InChI=1S/C10H7BrOS2/c11-4-8-7-3-6(13)1-2-9(7)14-10(8)5-12/h1-3,5,13H,4H2. The van der Waals surface area contributed by atoms with Crippen LogP contribution in [0.3, 0.4) is 0 Å². The topological polar surface area (TPSA) is 17.1 Å². The molecule has 1 heterocycles. The molecule has 0 unspecified atom stereocenters. The lowest BCUT2D eigenvalue weighted by Gasteiger charge is -1.95. The van der Waals surface area contributed by atoms with Gasteiger partial charge in [0.05, 0.1) is 4.88 Å². The van der Waals surface area contributed by atoms with Crippen molar-refractivity contribution in [2.75, 3.05) is 0 Å². The number of thiol groups is 1. The number of carbonyl (C=O) groups excluding carboxylic acids is 1. The molecular weight excluding hydrogens is 280 g/mol. The van der Waals surface area contributed by atoms with Gasteiger partial charge in [0, 0.05) is 14.9 Å². The average Bonchev–Trinajstić information content (AvgIpc) is 2.54. The second-order valence-electron chi connectivity index (χ2n) is 2.88. The van der Waals surface area contributed by atoms with E-state index in [-0.39, 0.29) is 0 Å². The molecule has 0 bridgehead atoms. The maximum atomic E-state index is 10.8. The van der Waals surface area contributed by atoms with Crippen molar-refractivity contribution in [3.8, 4) is 0 Å². The Balaban J connectivity index is 2.81. The van der Waals surface area contributed by atoms with E-state index in [1.54, 1.807) is 0 Å². The Bertz CT molecular complexity index is 490. The molecule has 0 aliphatic rings. The summed E-state index contributed by atoms with van der Waals surface area (Å²) in [4.78, 5) is 12.5. The highest BCUT2D eigenvalue weighted by Gasteiger charge is 2.10. The quantitative estimate of drug-likeness (QED) is 0.503. The van der Waals surface area contributed by atoms with Crippen LogP contribution in [-0.2, 0) is 5.33 Å². The van der Waals surface area contributed by atoms with Gasteiger partial charge in [-0.2, -0.15) is 0 Å². The lowest BCUT2D eigenvalue weighted by molar-refractivity contribution is 0.112. The first-order chi connectivity index (χ1) is 6.76. The number of fused-ring (bicyclic) bond motifs is 1. The van der Waals surface area contributed by atoms with Crippen molar-refractivity contribution >= 4 is 56.3 Å². The Hall–Kier alpha value is -0.320. The number of aldehydes is 1. The van der Waals surface area contributed by atoms with Gasteiger partial charge in [0.2, 0.25) is 0 Å². The van der Waals surface area contributed by atoms with Gasteiger partial charge in [-0.25, -0.2) is 0 Å². The fourth-order valence-electron chi connectivity index (χ4n) is 1.39. The Morgan fingerprint density at radius 1 is 1.50 bits per heavy atom. The summed E-state index contributed by atoms with van der Waals surface area (Å²) in [5.41, 5.74) is 1.07. The van der Waals surface area contributed by atoms with E-state index >= 15 is 0 Å². The van der Waals surface area contributed by atoms with Crippen molar-refractivity contribution in [1.82, 2.24) is 0 Å². The number of benzene rings is 1. The molecule has 0 saturated heterocycles. The monoisotopic (exact) mass is 286 g/mol. The van der Waals surface area contributed by atoms with Crippen LogP contribution in [0.4, 0.5) is 0 Å². The van der Waals surface area contributed by atoms with E-state index in [4.69, 9.17) is 0 Å². The molecule has 0 radical (unpaired) electrons. The Morgan fingerprint density at radius 2 is 2.29 bits per heavy atom. The summed E-state index contributed by atoms with van der Waals surface area (Å²) in [6.07, 6.45) is 0.916. The van der Waals surface area contributed by atoms with Crippen LogP contribution in [-0.4, -0.2) is 6.29 Å². The summed E-state index contributed by atoms with van der Waals surface area (Å²) in [5.74, 6) is 0. The molecule has 0 fully saturated rings. The van der Waals surface area contributed by atoms with Crippen LogP contribution >= 0.6 is 39.9 Å². The highest BCUT2D eigenvalue weighted by molar-refractivity contribution is 9.08. The molecule has 0 aliphatic heterocycles. The number of hydrogen-bond acceptors (Lipinski definition) is 3. The predicted octanol–water partition coefficient (Wildman–Crippen LogP) is 3.90. The summed E-state index contributed by atoms with van der Waals surface area (Å²) in [7, 11) is 0. The molecule has 2 rings (SSSR count). The van der Waals surface area contributed by atoms with Crippen LogP contribution in [0.5, 0.6) is 0 Å². The van der Waals surface area contributed by atoms with Crippen LogP contribution in [0.2, 0.25) is 0 Å². The average molecular weight is 287 g/mol. The Kier molecular flexibility index (Phi) is 2.95. The van der Waals surface area contributed by atoms with Crippen molar-refractivity contribution in [2.24, 2.45) is 0 Å². The molecule has 14 heavy (non-hydrogen) atoms. The van der Waals surface area contributed by atoms with Gasteiger partial charge in [0.25, 0.3) is 0 Å². The summed E-state index contributed by atoms with van der Waals surface area (Å²) in [6, 6.07) is 5.94. The number of halogens is 1. The normalized spacial score (nSPS) is 10.7. The highest BCUT2D eigenvalue weighted by atomic mass is 79.9. The predicted molar refractivity (Wildman–Crippen MR) is 67.1 cm³/mol. The Labute approximate surface area is 99.7 Å². The molecular formula is C10H7BrOS2. The van der Waals surface area contributed by atoms with Crippen molar-refractivity contribution in [2.45, 2.75) is 10.2 Å². The third-order valence-electron chi connectivity index (χ3n) is 2.05. The minimum atomic E-state index is 0.707. The second-order valence-corrected chi connectivity index (χ2v) is 5.04. The first kappa shape index (κ1) is 10.2. The third-order valence-corrected chi connectivity index (χ3v) is 4.02. The minimum Gasteiger partial charge on any atom is -0.297 e. The lowest BCUT2D eigenvalue weighted by atomic mass is 10.1. The summed E-state index contributed by atoms with van der Waals surface area (Å²) >= 11 is 9.21. The van der Waals surface area contributed by atoms with Crippen LogP contribution in [0.15, 0.2) is 23.1 Å². The van der Waals surface area contributed by atoms with Gasteiger partial charge in [-0.1, -0.05) is 15.9 Å². The number of hydrogen-bond donors (Lipinski definition) is 1. The first-order valence-corrected chi connectivity index (χ1v) is 6.40. The number of alkyl halides is 1. The minimum absolute atomic E-state index is 0.707. The zero-order chi connectivity index (χ0) is 10.1. The fourth-order valence-corrected chi connectivity index (χ4v) is 3.40. The van der Waals surface area contributed by atoms with Gasteiger partial charge in [-0.15, -0.1) is 24.0 Å². The molecule has 72 valence electrons. The Morgan fingerprint density at radius 3 is 2.93 bits per heavy atom. The van der Waals surface area contributed by atoms with Crippen molar-refractivity contribution in [3.05, 3.63) is 28.6 Å². The first-order valence-electron chi connectivity index (χ1n) is 4.02. The SMILES string of the molecule is O=Cc1sc2ccc(S)cc2c1CBr. The molecule has 0 saturated carbocycles. The molecule has 1 nitrogen and oxygen atoms in total. The van der Waals surface area contributed by atoms with E-state index < -0.39 is 0 Å². The van der Waals surface area contributed by atoms with Gasteiger partial charge in [-0.05, 0) is 29.1 Å². The van der Waals surface area contributed by atoms with Crippen LogP contribution < -0.4 is 0 Å². The summed E-state index contributed by atoms with van der Waals surface area (Å²) in [5, 5.41) is 1.83. The van der Waals surface area contributed by atoms with E-state index in [0.29, 0.717) is 5.33 Å². The van der Waals surface area contributed by atoms with Crippen LogP contribution in [0, 0.1) is 0 Å². The van der Waals surface area contributed by atoms with E-state index in [1.807, 2.05) is 18.2 Å². The zero-order valence-electron chi connectivity index (χ0n) is 7.16. The molecule has 0 atom stereocenters. The van der Waals surface area contributed by atoms with Gasteiger partial charge < -0.3 is 0 Å². The molecule has 0 amide bonds. The van der Waals surface area contributed by atoms with Gasteiger partial charge in [0.1, 0.15) is 0 Å². The smallest absolute Gasteiger partial charge is 0.160 e. The maximum Gasteiger partial charge on any atom is 0.160 e. The molecule has 2 aromatic rings. The fraction of sp³-hybridized carbons (Fsp3) is 0.100. The van der Waals surface area contributed by atoms with E-state index in [1.165, 1.54) is 11.3 Å². The summed E-state index contributed by atoms with van der Waals surface area (Å²) < 4.78 is 1.14. The zero-order valence-corrected chi connectivity index (χ0v) is 10.5. The highest BCUT2D eigenvalue weighted by Crippen LogP contribution is 2.33. The largest absolute Gasteiger partial charge is 0.297 e. The molecule has 1 aromatic heterocycles. The van der Waals surface area contributed by atoms with Gasteiger partial charge in [-0.3, -0.25) is 4.79 Å².